The van der Waals surface area contributed by atoms with Gasteiger partial charge in [-0.25, -0.2) is 29.9 Å². The summed E-state index contributed by atoms with van der Waals surface area (Å²) in [6.07, 6.45) is 16.9. The largest absolute Gasteiger partial charge is 0.379 e. The summed E-state index contributed by atoms with van der Waals surface area (Å²) in [5.41, 5.74) is 5.67. The molecule has 714 valence electrons. The first-order valence-corrected chi connectivity index (χ1v) is 55.0. The summed E-state index contributed by atoms with van der Waals surface area (Å²) in [6.45, 7) is 36.1. The molecule has 0 atom stereocenters. The van der Waals surface area contributed by atoms with E-state index in [0.717, 1.165) is 239 Å². The van der Waals surface area contributed by atoms with Crippen LogP contribution in [0, 0.1) is 0 Å². The molecule has 4 aromatic carbocycles. The quantitative estimate of drug-likeness (QED) is 0.0265. The Kier molecular flexibility index (Phi) is 57.7. The molecule has 24 nitrogen and oxygen atoms in total. The topological polar surface area (TPSA) is 257 Å². The molecule has 0 amide bonds. The number of aromatic amines is 2. The second kappa shape index (κ2) is 68.4. The maximum Gasteiger partial charge on any atom is 0.164 e. The number of fused-ring (bicyclic) bond motifs is 20. The standard InChI is InChI=1S/C96H146N8O16S8/c1-9-17-25-105-33-41-113-49-57-121-81-65-73-74(66-82(81)122-58-50-114-42-34-106-26-18-10-2)90-97-89(73)101-91-75-67-83(123-59-51-115-43-35-107-27-19-11-3)84(124-60-52-116-44-36-108-28-20-12-4)68-76(75)93(98-91)103-95-79-71-87(127-63-55-119-47-39-111-31-23-15-7)88(128-64-56-120-48-40-112-32-24-16-8)72-80(79)96(100-95)104-94-78-70-86(126-62-54-118-46-38-110-30-22-14-6)85(69-77(78)92(99-94)102-90)125-61-53-117-45-37-109-29-21-13-5/h65-72H,9-64H2,1-8H3,(H2,97,98,99,100,101,102,103,104). The molecule has 3 aromatic heterocycles. The van der Waals surface area contributed by atoms with Crippen molar-refractivity contribution >= 4 is 138 Å². The molecule has 128 heavy (non-hydrogen) atoms. The van der Waals surface area contributed by atoms with E-state index in [2.05, 4.69) is 114 Å². The van der Waals surface area contributed by atoms with Crippen LogP contribution >= 0.6 is 94.1 Å². The molecule has 0 aliphatic carbocycles. The van der Waals surface area contributed by atoms with E-state index in [1.165, 1.54) is 0 Å². The zero-order valence-electron chi connectivity index (χ0n) is 77.7. The highest BCUT2D eigenvalue weighted by Crippen LogP contribution is 2.47. The van der Waals surface area contributed by atoms with Gasteiger partial charge in [-0.3, -0.25) is 0 Å². The molecular weight excluding hydrogens is 1780 g/mol. The number of hydrogen-bond acceptors (Lipinski definition) is 30. The number of H-pyrrole nitrogens is 2. The lowest BCUT2D eigenvalue weighted by molar-refractivity contribution is 0.0527. The fraction of sp³-hybridized carbons (Fsp3) is 0.667. The molecule has 0 fully saturated rings. The molecule has 0 saturated carbocycles. The first-order valence-electron chi connectivity index (χ1n) is 47.1. The fourth-order valence-electron chi connectivity index (χ4n) is 12.9. The number of nitrogens with one attached hydrogen (secondary N) is 2. The summed E-state index contributed by atoms with van der Waals surface area (Å²) < 4.78 is 97.2. The van der Waals surface area contributed by atoms with Crippen molar-refractivity contribution in [2.45, 2.75) is 197 Å². The summed E-state index contributed by atoms with van der Waals surface area (Å²) in [5, 5.41) is 3.45. The van der Waals surface area contributed by atoms with Crippen molar-refractivity contribution in [3.05, 3.63) is 48.5 Å². The van der Waals surface area contributed by atoms with Gasteiger partial charge in [-0.15, -0.1) is 94.1 Å². The summed E-state index contributed by atoms with van der Waals surface area (Å²) in [6, 6.07) is 18.1. The van der Waals surface area contributed by atoms with E-state index in [1.807, 2.05) is 0 Å². The third kappa shape index (κ3) is 40.0. The van der Waals surface area contributed by atoms with Crippen LogP contribution in [-0.4, -0.2) is 297 Å². The van der Waals surface area contributed by atoms with Gasteiger partial charge < -0.3 is 85.8 Å². The molecule has 0 saturated heterocycles. The van der Waals surface area contributed by atoms with Crippen LogP contribution in [0.2, 0.25) is 0 Å². The number of benzene rings is 4. The Labute approximate surface area is 796 Å². The van der Waals surface area contributed by atoms with Gasteiger partial charge in [-0.1, -0.05) is 107 Å². The van der Waals surface area contributed by atoms with Crippen LogP contribution in [0.15, 0.2) is 87.7 Å². The summed E-state index contributed by atoms with van der Waals surface area (Å²) in [7, 11) is 0. The van der Waals surface area contributed by atoms with Crippen LogP contribution in [0.3, 0.4) is 0 Å². The van der Waals surface area contributed by atoms with E-state index >= 15 is 0 Å². The van der Waals surface area contributed by atoms with Crippen molar-refractivity contribution < 1.29 is 75.8 Å². The first kappa shape index (κ1) is 108. The maximum atomic E-state index is 6.25. The molecule has 32 heteroatoms. The zero-order chi connectivity index (χ0) is 89.7. The highest BCUT2D eigenvalue weighted by atomic mass is 32.2. The molecule has 5 heterocycles. The monoisotopic (exact) mass is 1920 g/mol. The average Bonchev–Trinajstić information content (AvgIpc) is 1.59. The third-order valence-electron chi connectivity index (χ3n) is 20.1. The normalized spacial score (nSPS) is 12.1. The van der Waals surface area contributed by atoms with E-state index in [0.29, 0.717) is 250 Å². The Bertz CT molecular complexity index is 3840. The minimum absolute atomic E-state index is 0.495. The predicted octanol–water partition coefficient (Wildman–Crippen LogP) is 22.3. The van der Waals surface area contributed by atoms with Gasteiger partial charge in [0, 0.05) is 182 Å². The fourth-order valence-corrected chi connectivity index (χ4v) is 21.0. The first-order chi connectivity index (χ1) is 63.3. The number of unbranched alkanes of at least 4 members (excludes halogenated alkanes) is 8. The molecule has 2 aliphatic heterocycles. The molecular formula is C96H146N8O16S8. The molecule has 8 bridgehead atoms. The number of ether oxygens (including phenoxy) is 16. The average molecular weight is 1920 g/mol. The predicted molar refractivity (Wildman–Crippen MR) is 534 cm³/mol. The van der Waals surface area contributed by atoms with Gasteiger partial charge in [-0.05, 0) is 99.9 Å². The number of aromatic nitrogens is 8. The Hall–Kier alpha value is -3.60. The van der Waals surface area contributed by atoms with Gasteiger partial charge in [-0.2, -0.15) is 0 Å². The van der Waals surface area contributed by atoms with E-state index in [1.54, 1.807) is 94.1 Å². The highest BCUT2D eigenvalue weighted by molar-refractivity contribution is 8.03. The Morgan fingerprint density at radius 1 is 0.180 bits per heavy atom. The van der Waals surface area contributed by atoms with Crippen molar-refractivity contribution in [3.8, 4) is 45.6 Å². The third-order valence-corrected chi connectivity index (χ3v) is 28.8. The molecule has 0 radical (unpaired) electrons. The Morgan fingerprint density at radius 2 is 0.320 bits per heavy atom. The van der Waals surface area contributed by atoms with Gasteiger partial charge in [0.15, 0.2) is 23.3 Å². The molecule has 2 aliphatic rings. The summed E-state index contributed by atoms with van der Waals surface area (Å²) >= 11 is 14.1. The van der Waals surface area contributed by atoms with Crippen LogP contribution in [0.25, 0.3) is 89.7 Å². The lowest BCUT2D eigenvalue weighted by Crippen LogP contribution is -2.07. The van der Waals surface area contributed by atoms with Crippen molar-refractivity contribution in [3.63, 3.8) is 0 Å². The van der Waals surface area contributed by atoms with E-state index < -0.39 is 0 Å². The van der Waals surface area contributed by atoms with Crippen molar-refractivity contribution in [1.82, 2.24) is 39.9 Å². The Balaban J connectivity index is 1.28. The number of rotatable bonds is 80. The Morgan fingerprint density at radius 3 is 0.469 bits per heavy atom. The van der Waals surface area contributed by atoms with Crippen molar-refractivity contribution in [2.24, 2.45) is 0 Å². The van der Waals surface area contributed by atoms with Crippen LogP contribution in [0.4, 0.5) is 0 Å². The van der Waals surface area contributed by atoms with Gasteiger partial charge in [0.1, 0.15) is 22.6 Å². The smallest absolute Gasteiger partial charge is 0.164 e. The van der Waals surface area contributed by atoms with Crippen molar-refractivity contribution in [2.75, 3.05) is 257 Å². The molecule has 0 spiro atoms. The van der Waals surface area contributed by atoms with Crippen molar-refractivity contribution in [1.29, 1.82) is 0 Å². The second-order valence-electron chi connectivity index (χ2n) is 30.4. The molecule has 2 N–H and O–H groups in total. The van der Waals surface area contributed by atoms with Gasteiger partial charge in [0.2, 0.25) is 0 Å². The van der Waals surface area contributed by atoms with Crippen LogP contribution < -0.4 is 0 Å². The minimum atomic E-state index is 0.495. The molecule has 7 aromatic rings. The highest BCUT2D eigenvalue weighted by Gasteiger charge is 2.28. The van der Waals surface area contributed by atoms with Crippen LogP contribution in [0.1, 0.15) is 158 Å². The maximum absolute atomic E-state index is 6.25. The summed E-state index contributed by atoms with van der Waals surface area (Å²) in [5.74, 6) is 7.58. The number of hydrogen-bond donors (Lipinski definition) is 2. The van der Waals surface area contributed by atoms with Gasteiger partial charge >= 0.3 is 0 Å². The molecule has 9 rings (SSSR count). The molecule has 0 unspecified atom stereocenters. The zero-order valence-corrected chi connectivity index (χ0v) is 84.2. The minimum Gasteiger partial charge on any atom is -0.379 e. The van der Waals surface area contributed by atoms with E-state index in [9.17, 15) is 0 Å². The van der Waals surface area contributed by atoms with E-state index in [-0.39, 0.29) is 0 Å². The van der Waals surface area contributed by atoms with Crippen LogP contribution in [0.5, 0.6) is 0 Å². The number of thioether (sulfide) groups is 8. The summed E-state index contributed by atoms with van der Waals surface area (Å²) in [4.78, 5) is 50.7. The van der Waals surface area contributed by atoms with Gasteiger partial charge in [0.05, 0.1) is 159 Å². The second-order valence-corrected chi connectivity index (χ2v) is 39.5. The lowest BCUT2D eigenvalue weighted by atomic mass is 10.1. The lowest BCUT2D eigenvalue weighted by Gasteiger charge is -2.13. The SMILES string of the molecule is CCCCOCCOCCSc1cc2c(cc1SCCOCCOCCCC)-c1nc-2nc2[nH]c(nc3nc(nc4[nH]c(n1)c1cc(SCCOCCOCCCC)c(SCCOCCOCCCC)cc41)-c1cc(SCCOCCOCCCC)c(SCCOCCOCCCC)cc1-3)c1cc(SCCOCCOCCCC)c(SCCOCCOCCCC)cc21. The van der Waals surface area contributed by atoms with E-state index in [4.69, 9.17) is 106 Å². The number of nitrogens with zero attached hydrogens (tertiary/aromatic N) is 6. The van der Waals surface area contributed by atoms with Gasteiger partial charge in [0.25, 0.3) is 0 Å². The van der Waals surface area contributed by atoms with Crippen LogP contribution in [-0.2, 0) is 75.8 Å².